The maximum Gasteiger partial charge on any atom is 0.0648 e. The van der Waals surface area contributed by atoms with Crippen molar-refractivity contribution in [2.75, 3.05) is 0 Å². The first-order valence-corrected chi connectivity index (χ1v) is 7.47. The highest BCUT2D eigenvalue weighted by atomic mass is 15.3. The first kappa shape index (κ1) is 14.5. The zero-order valence-corrected chi connectivity index (χ0v) is 13.0. The Labute approximate surface area is 130 Å². The van der Waals surface area contributed by atoms with E-state index in [0.717, 1.165) is 30.2 Å². The van der Waals surface area contributed by atoms with E-state index in [1.807, 2.05) is 47.3 Å². The van der Waals surface area contributed by atoms with E-state index in [9.17, 15) is 0 Å². The summed E-state index contributed by atoms with van der Waals surface area (Å²) in [6, 6.07) is 16.2. The number of benzene rings is 1. The van der Waals surface area contributed by atoms with Crippen LogP contribution in [0.25, 0.3) is 5.69 Å². The van der Waals surface area contributed by atoms with Gasteiger partial charge in [-0.15, -0.1) is 0 Å². The molecule has 3 aromatic rings. The normalized spacial score (nSPS) is 10.8. The molecule has 0 unspecified atom stereocenters. The van der Waals surface area contributed by atoms with Gasteiger partial charge in [-0.05, 0) is 38.1 Å². The SMILES string of the molecule is Cc1nn(-c2ccccc2)c(C)c1CNCc1ccccn1. The van der Waals surface area contributed by atoms with E-state index in [1.165, 1.54) is 11.3 Å². The molecule has 2 heterocycles. The number of hydrogen-bond donors (Lipinski definition) is 1. The molecule has 0 bridgehead atoms. The van der Waals surface area contributed by atoms with Gasteiger partial charge in [-0.3, -0.25) is 4.98 Å². The average molecular weight is 292 g/mol. The highest BCUT2D eigenvalue weighted by molar-refractivity contribution is 5.36. The van der Waals surface area contributed by atoms with Crippen LogP contribution in [-0.4, -0.2) is 14.8 Å². The molecule has 0 saturated carbocycles. The lowest BCUT2D eigenvalue weighted by Crippen LogP contribution is -2.14. The van der Waals surface area contributed by atoms with Crippen LogP contribution in [0.5, 0.6) is 0 Å². The molecule has 0 atom stereocenters. The standard InChI is InChI=1S/C18H20N4/c1-14-18(13-19-12-16-8-6-7-11-20-16)15(2)22(21-14)17-9-4-3-5-10-17/h3-11,19H,12-13H2,1-2H3. The Kier molecular flexibility index (Phi) is 4.30. The molecule has 1 aromatic carbocycles. The molecule has 0 aliphatic rings. The van der Waals surface area contributed by atoms with E-state index in [4.69, 9.17) is 0 Å². The predicted molar refractivity (Wildman–Crippen MR) is 87.8 cm³/mol. The molecule has 4 nitrogen and oxygen atoms in total. The van der Waals surface area contributed by atoms with Crippen molar-refractivity contribution >= 4 is 0 Å². The molecule has 2 aromatic heterocycles. The Balaban J connectivity index is 1.73. The fourth-order valence-corrected chi connectivity index (χ4v) is 2.57. The summed E-state index contributed by atoms with van der Waals surface area (Å²) in [4.78, 5) is 4.32. The quantitative estimate of drug-likeness (QED) is 0.785. The van der Waals surface area contributed by atoms with Gasteiger partial charge in [-0.2, -0.15) is 5.10 Å². The summed E-state index contributed by atoms with van der Waals surface area (Å²) >= 11 is 0. The zero-order chi connectivity index (χ0) is 15.4. The minimum absolute atomic E-state index is 0.760. The third-order valence-electron chi connectivity index (χ3n) is 3.78. The maximum absolute atomic E-state index is 4.67. The van der Waals surface area contributed by atoms with Crippen LogP contribution >= 0.6 is 0 Å². The number of nitrogens with zero attached hydrogens (tertiary/aromatic N) is 3. The molecule has 0 aliphatic carbocycles. The second kappa shape index (κ2) is 6.54. The summed E-state index contributed by atoms with van der Waals surface area (Å²) in [5, 5.41) is 8.12. The Hall–Kier alpha value is -2.46. The highest BCUT2D eigenvalue weighted by Crippen LogP contribution is 2.17. The summed E-state index contributed by atoms with van der Waals surface area (Å²) < 4.78 is 2.01. The lowest BCUT2D eigenvalue weighted by atomic mass is 10.2. The van der Waals surface area contributed by atoms with Crippen LogP contribution in [0.1, 0.15) is 22.6 Å². The van der Waals surface area contributed by atoms with Crippen LogP contribution in [0, 0.1) is 13.8 Å². The minimum Gasteiger partial charge on any atom is -0.307 e. The van der Waals surface area contributed by atoms with Gasteiger partial charge < -0.3 is 5.32 Å². The van der Waals surface area contributed by atoms with Gasteiger partial charge in [0.2, 0.25) is 0 Å². The van der Waals surface area contributed by atoms with Crippen molar-refractivity contribution in [1.82, 2.24) is 20.1 Å². The molecule has 0 spiro atoms. The van der Waals surface area contributed by atoms with Gasteiger partial charge in [-0.1, -0.05) is 24.3 Å². The zero-order valence-electron chi connectivity index (χ0n) is 13.0. The van der Waals surface area contributed by atoms with Crippen molar-refractivity contribution in [2.45, 2.75) is 26.9 Å². The summed E-state index contributed by atoms with van der Waals surface area (Å²) in [5.74, 6) is 0. The van der Waals surface area contributed by atoms with Crippen LogP contribution in [0.15, 0.2) is 54.7 Å². The Morgan fingerprint density at radius 2 is 1.73 bits per heavy atom. The van der Waals surface area contributed by atoms with Crippen LogP contribution < -0.4 is 5.32 Å². The summed E-state index contributed by atoms with van der Waals surface area (Å²) in [6.07, 6.45) is 1.82. The summed E-state index contributed by atoms with van der Waals surface area (Å²) in [7, 11) is 0. The Morgan fingerprint density at radius 3 is 2.45 bits per heavy atom. The number of para-hydroxylation sites is 1. The van der Waals surface area contributed by atoms with E-state index in [2.05, 4.69) is 41.4 Å². The van der Waals surface area contributed by atoms with Gasteiger partial charge in [0.25, 0.3) is 0 Å². The fourth-order valence-electron chi connectivity index (χ4n) is 2.57. The number of pyridine rings is 1. The monoisotopic (exact) mass is 292 g/mol. The first-order chi connectivity index (χ1) is 10.8. The average Bonchev–Trinajstić information content (AvgIpc) is 2.85. The van der Waals surface area contributed by atoms with E-state index >= 15 is 0 Å². The lowest BCUT2D eigenvalue weighted by Gasteiger charge is -2.06. The number of nitrogens with one attached hydrogen (secondary N) is 1. The van der Waals surface area contributed by atoms with E-state index in [-0.39, 0.29) is 0 Å². The summed E-state index contributed by atoms with van der Waals surface area (Å²) in [5.41, 5.74) is 5.64. The van der Waals surface area contributed by atoms with Crippen molar-refractivity contribution in [3.8, 4) is 5.69 Å². The molecule has 1 N–H and O–H groups in total. The highest BCUT2D eigenvalue weighted by Gasteiger charge is 2.12. The molecule has 112 valence electrons. The van der Waals surface area contributed by atoms with Gasteiger partial charge >= 0.3 is 0 Å². The second-order valence-corrected chi connectivity index (χ2v) is 5.32. The maximum atomic E-state index is 4.67. The largest absolute Gasteiger partial charge is 0.307 e. The topological polar surface area (TPSA) is 42.7 Å². The van der Waals surface area contributed by atoms with Gasteiger partial charge in [0.1, 0.15) is 0 Å². The Morgan fingerprint density at radius 1 is 0.955 bits per heavy atom. The molecule has 3 rings (SSSR count). The van der Waals surface area contributed by atoms with Crippen LogP contribution in [-0.2, 0) is 13.1 Å². The van der Waals surface area contributed by atoms with Crippen LogP contribution in [0.2, 0.25) is 0 Å². The number of aryl methyl sites for hydroxylation is 1. The Bertz CT molecular complexity index is 733. The molecule has 0 saturated heterocycles. The third-order valence-corrected chi connectivity index (χ3v) is 3.78. The molecular weight excluding hydrogens is 272 g/mol. The van der Waals surface area contributed by atoms with Crippen molar-refractivity contribution in [3.63, 3.8) is 0 Å². The number of aromatic nitrogens is 3. The van der Waals surface area contributed by atoms with Gasteiger partial charge in [-0.25, -0.2) is 4.68 Å². The van der Waals surface area contributed by atoms with Gasteiger partial charge in [0.15, 0.2) is 0 Å². The van der Waals surface area contributed by atoms with Crippen molar-refractivity contribution in [2.24, 2.45) is 0 Å². The fraction of sp³-hybridized carbons (Fsp3) is 0.222. The van der Waals surface area contributed by atoms with Gasteiger partial charge in [0.05, 0.1) is 17.1 Å². The van der Waals surface area contributed by atoms with E-state index in [1.54, 1.807) is 0 Å². The second-order valence-electron chi connectivity index (χ2n) is 5.32. The first-order valence-electron chi connectivity index (χ1n) is 7.47. The lowest BCUT2D eigenvalue weighted by molar-refractivity contribution is 0.674. The van der Waals surface area contributed by atoms with Crippen LogP contribution in [0.4, 0.5) is 0 Å². The van der Waals surface area contributed by atoms with Crippen molar-refractivity contribution < 1.29 is 0 Å². The predicted octanol–water partition coefficient (Wildman–Crippen LogP) is 3.17. The molecule has 0 aliphatic heterocycles. The molecular formula is C18H20N4. The molecule has 4 heteroatoms. The molecule has 0 fully saturated rings. The van der Waals surface area contributed by atoms with Crippen molar-refractivity contribution in [3.05, 3.63) is 77.4 Å². The third kappa shape index (κ3) is 3.07. The molecule has 22 heavy (non-hydrogen) atoms. The van der Waals surface area contributed by atoms with E-state index in [0.29, 0.717) is 0 Å². The molecule has 0 amide bonds. The number of rotatable bonds is 5. The molecule has 0 radical (unpaired) electrons. The summed E-state index contributed by atoms with van der Waals surface area (Å²) in [6.45, 7) is 5.73. The minimum atomic E-state index is 0.760. The van der Waals surface area contributed by atoms with Crippen LogP contribution in [0.3, 0.4) is 0 Å². The van der Waals surface area contributed by atoms with Crippen molar-refractivity contribution in [1.29, 1.82) is 0 Å². The van der Waals surface area contributed by atoms with Gasteiger partial charge in [0, 0.05) is 30.5 Å². The number of hydrogen-bond acceptors (Lipinski definition) is 3. The smallest absolute Gasteiger partial charge is 0.0648 e. The van der Waals surface area contributed by atoms with E-state index < -0.39 is 0 Å².